The molecule has 1 aliphatic heterocycles. The maximum absolute atomic E-state index is 10.7. The van der Waals surface area contributed by atoms with Crippen molar-refractivity contribution in [1.82, 2.24) is 9.97 Å². The molecule has 1 aliphatic rings. The minimum atomic E-state index is 0.417. The lowest BCUT2D eigenvalue weighted by molar-refractivity contribution is 0.122. The van der Waals surface area contributed by atoms with Crippen LogP contribution in [-0.2, 0) is 4.74 Å². The fraction of sp³-hybridized carbons (Fsp3) is 0.222. The highest BCUT2D eigenvalue weighted by Gasteiger charge is 2.13. The molecule has 0 spiro atoms. The minimum absolute atomic E-state index is 0.417. The number of anilines is 1. The Kier molecular flexibility index (Phi) is 3.88. The molecule has 3 aromatic rings. The summed E-state index contributed by atoms with van der Waals surface area (Å²) in [5.41, 5.74) is 4.02. The van der Waals surface area contributed by atoms with Crippen molar-refractivity contribution in [3.8, 4) is 11.1 Å². The molecule has 24 heavy (non-hydrogen) atoms. The van der Waals surface area contributed by atoms with E-state index >= 15 is 0 Å². The molecule has 0 bridgehead atoms. The molecule has 4 rings (SSSR count). The fourth-order valence-corrected chi connectivity index (χ4v) is 2.87. The number of fused-ring (bicyclic) bond motifs is 1. The summed E-state index contributed by atoms with van der Waals surface area (Å²) in [6.45, 7) is 3.08. The molecule has 0 aliphatic carbocycles. The van der Waals surface area contributed by atoms with E-state index in [4.69, 9.17) is 9.72 Å². The molecule has 1 saturated heterocycles. The van der Waals surface area contributed by atoms with Gasteiger partial charge in [0.15, 0.2) is 0 Å². The first-order valence-electron chi connectivity index (χ1n) is 7.87. The zero-order valence-electron chi connectivity index (χ0n) is 13.1. The second kappa shape index (κ2) is 6.33. The van der Waals surface area contributed by atoms with E-state index in [0.717, 1.165) is 41.1 Å². The number of hydrogen-bond acceptors (Lipinski definition) is 6. The molecule has 120 valence electrons. The van der Waals surface area contributed by atoms with E-state index in [1.54, 1.807) is 12.1 Å². The van der Waals surface area contributed by atoms with Crippen LogP contribution < -0.4 is 4.90 Å². The Morgan fingerprint density at radius 3 is 2.67 bits per heavy atom. The Bertz CT molecular complexity index is 891. The molecule has 0 unspecified atom stereocenters. The first kappa shape index (κ1) is 14.7. The summed E-state index contributed by atoms with van der Waals surface area (Å²) in [6.07, 6.45) is 1.81. The zero-order valence-corrected chi connectivity index (χ0v) is 13.1. The Morgan fingerprint density at radius 1 is 1.00 bits per heavy atom. The first-order valence-corrected chi connectivity index (χ1v) is 7.87. The lowest BCUT2D eigenvalue weighted by Gasteiger charge is -2.27. The molecule has 0 atom stereocenters. The highest BCUT2D eigenvalue weighted by molar-refractivity contribution is 5.82. The molecule has 0 radical (unpaired) electrons. The Labute approximate surface area is 139 Å². The van der Waals surface area contributed by atoms with Crippen LogP contribution in [0.25, 0.3) is 22.2 Å². The van der Waals surface area contributed by atoms with Gasteiger partial charge in [-0.25, -0.2) is 4.98 Å². The van der Waals surface area contributed by atoms with Gasteiger partial charge in [-0.2, -0.15) is 0 Å². The smallest absolute Gasteiger partial charge is 0.148 e. The summed E-state index contributed by atoms with van der Waals surface area (Å²) < 4.78 is 5.38. The summed E-state index contributed by atoms with van der Waals surface area (Å²) in [7, 11) is 0. The van der Waals surface area contributed by atoms with E-state index in [1.807, 2.05) is 36.5 Å². The van der Waals surface area contributed by atoms with Gasteiger partial charge in [0.05, 0.1) is 30.4 Å². The lowest BCUT2D eigenvalue weighted by atomic mass is 10.0. The van der Waals surface area contributed by atoms with Crippen LogP contribution in [-0.4, -0.2) is 36.3 Å². The highest BCUT2D eigenvalue weighted by atomic mass is 16.5. The third-order valence-corrected chi connectivity index (χ3v) is 4.15. The molecular weight excluding hydrogens is 304 g/mol. The zero-order chi connectivity index (χ0) is 16.4. The van der Waals surface area contributed by atoms with Gasteiger partial charge in [0.1, 0.15) is 11.5 Å². The van der Waals surface area contributed by atoms with Crippen LogP contribution in [0.4, 0.5) is 11.5 Å². The van der Waals surface area contributed by atoms with Gasteiger partial charge in [-0.1, -0.05) is 18.2 Å². The Balaban J connectivity index is 1.74. The number of nitrogens with zero attached hydrogens (tertiary/aromatic N) is 4. The van der Waals surface area contributed by atoms with E-state index in [9.17, 15) is 4.91 Å². The molecule has 0 amide bonds. The van der Waals surface area contributed by atoms with Crippen LogP contribution >= 0.6 is 0 Å². The van der Waals surface area contributed by atoms with E-state index in [2.05, 4.69) is 15.1 Å². The third-order valence-electron chi connectivity index (χ3n) is 4.15. The van der Waals surface area contributed by atoms with Crippen molar-refractivity contribution in [3.63, 3.8) is 0 Å². The number of nitroso groups, excluding NO2 is 1. The summed E-state index contributed by atoms with van der Waals surface area (Å²) in [5.74, 6) is 0.867. The predicted molar refractivity (Wildman–Crippen MR) is 93.5 cm³/mol. The van der Waals surface area contributed by atoms with E-state index < -0.39 is 0 Å². The number of rotatable bonds is 3. The van der Waals surface area contributed by atoms with Gasteiger partial charge in [0.25, 0.3) is 0 Å². The number of morpholine rings is 1. The third kappa shape index (κ3) is 2.83. The van der Waals surface area contributed by atoms with Crippen LogP contribution in [0.2, 0.25) is 0 Å². The largest absolute Gasteiger partial charge is 0.378 e. The number of hydrogen-bond donors (Lipinski definition) is 0. The van der Waals surface area contributed by atoms with Crippen molar-refractivity contribution in [2.24, 2.45) is 5.18 Å². The van der Waals surface area contributed by atoms with Crippen LogP contribution in [0.5, 0.6) is 0 Å². The van der Waals surface area contributed by atoms with Crippen LogP contribution in [0.3, 0.4) is 0 Å². The molecule has 0 N–H and O–H groups in total. The lowest BCUT2D eigenvalue weighted by Crippen LogP contribution is -2.36. The summed E-state index contributed by atoms with van der Waals surface area (Å²) in [5, 5.41) is 3.00. The monoisotopic (exact) mass is 320 g/mol. The maximum Gasteiger partial charge on any atom is 0.148 e. The molecule has 2 aromatic carbocycles. The second-order valence-corrected chi connectivity index (χ2v) is 5.67. The molecular formula is C18H16N4O2. The van der Waals surface area contributed by atoms with Crippen molar-refractivity contribution in [2.45, 2.75) is 0 Å². The molecule has 0 saturated carbocycles. The van der Waals surface area contributed by atoms with Crippen LogP contribution in [0, 0.1) is 4.91 Å². The molecule has 6 nitrogen and oxygen atoms in total. The second-order valence-electron chi connectivity index (χ2n) is 5.67. The van der Waals surface area contributed by atoms with Crippen molar-refractivity contribution < 1.29 is 4.74 Å². The average Bonchev–Trinajstić information content (AvgIpc) is 2.68. The van der Waals surface area contributed by atoms with Gasteiger partial charge in [0.2, 0.25) is 0 Å². The summed E-state index contributed by atoms with van der Waals surface area (Å²) in [4.78, 5) is 22.2. The van der Waals surface area contributed by atoms with Crippen molar-refractivity contribution in [2.75, 3.05) is 31.2 Å². The maximum atomic E-state index is 10.7. The standard InChI is InChI=1S/C18H16N4O2/c23-21-15-3-1-2-13(10-15)14-4-5-16-17(11-14)20-18(12-19-16)22-6-8-24-9-7-22/h1-5,10-12H,6-9H2. The SMILES string of the molecule is O=Nc1cccc(-c2ccc3ncc(N4CCOCC4)nc3c2)c1. The van der Waals surface area contributed by atoms with Gasteiger partial charge >= 0.3 is 0 Å². The summed E-state index contributed by atoms with van der Waals surface area (Å²) >= 11 is 0. The first-order chi connectivity index (χ1) is 11.8. The van der Waals surface area contributed by atoms with Crippen molar-refractivity contribution >= 4 is 22.5 Å². The average molecular weight is 320 g/mol. The number of benzene rings is 2. The molecule has 1 aromatic heterocycles. The Hall–Kier alpha value is -2.86. The van der Waals surface area contributed by atoms with Gasteiger partial charge in [-0.05, 0) is 40.6 Å². The normalized spacial score (nSPS) is 14.8. The van der Waals surface area contributed by atoms with Crippen LogP contribution in [0.1, 0.15) is 0 Å². The van der Waals surface area contributed by atoms with Gasteiger partial charge in [-0.3, -0.25) is 4.98 Å². The quantitative estimate of drug-likeness (QED) is 0.691. The minimum Gasteiger partial charge on any atom is -0.378 e. The predicted octanol–water partition coefficient (Wildman–Crippen LogP) is 3.53. The number of aromatic nitrogens is 2. The van der Waals surface area contributed by atoms with Crippen molar-refractivity contribution in [1.29, 1.82) is 0 Å². The molecule has 6 heteroatoms. The van der Waals surface area contributed by atoms with E-state index in [1.165, 1.54) is 0 Å². The van der Waals surface area contributed by atoms with Crippen molar-refractivity contribution in [3.05, 3.63) is 53.6 Å². The molecule has 1 fully saturated rings. The highest BCUT2D eigenvalue weighted by Crippen LogP contribution is 2.27. The van der Waals surface area contributed by atoms with E-state index in [-0.39, 0.29) is 0 Å². The topological polar surface area (TPSA) is 67.7 Å². The van der Waals surface area contributed by atoms with Gasteiger partial charge < -0.3 is 9.64 Å². The molecule has 2 heterocycles. The van der Waals surface area contributed by atoms with E-state index in [0.29, 0.717) is 18.9 Å². The fourth-order valence-electron chi connectivity index (χ4n) is 2.87. The van der Waals surface area contributed by atoms with Gasteiger partial charge in [0, 0.05) is 13.1 Å². The van der Waals surface area contributed by atoms with Crippen LogP contribution in [0.15, 0.2) is 53.8 Å². The Morgan fingerprint density at radius 2 is 1.83 bits per heavy atom. The van der Waals surface area contributed by atoms with Gasteiger partial charge in [-0.15, -0.1) is 4.91 Å². The summed E-state index contributed by atoms with van der Waals surface area (Å²) in [6, 6.07) is 13.2. The number of ether oxygens (including phenoxy) is 1.